The van der Waals surface area contributed by atoms with Crippen LogP contribution in [0.25, 0.3) is 11.0 Å². The molecule has 168 valence electrons. The van der Waals surface area contributed by atoms with Crippen LogP contribution in [-0.2, 0) is 22.4 Å². The maximum Gasteiger partial charge on any atom is 0.326 e. The van der Waals surface area contributed by atoms with Gasteiger partial charge in [-0.2, -0.15) is 4.98 Å². The van der Waals surface area contributed by atoms with Gasteiger partial charge >= 0.3 is 5.97 Å². The van der Waals surface area contributed by atoms with E-state index in [1.807, 2.05) is 47.8 Å². The van der Waals surface area contributed by atoms with Gasteiger partial charge in [-0.3, -0.25) is 9.59 Å². The monoisotopic (exact) mass is 463 g/mol. The van der Waals surface area contributed by atoms with Crippen molar-refractivity contribution in [2.24, 2.45) is 0 Å². The maximum absolute atomic E-state index is 12.8. The molecule has 0 saturated carbocycles. The Morgan fingerprint density at radius 2 is 1.91 bits per heavy atom. The molecular weight excluding hydrogens is 442 g/mol. The zero-order chi connectivity index (χ0) is 23.4. The summed E-state index contributed by atoms with van der Waals surface area (Å²) in [6.45, 7) is 1.70. The zero-order valence-corrected chi connectivity index (χ0v) is 18.5. The molecule has 3 N–H and O–H groups in total. The molecule has 0 aliphatic carbocycles. The van der Waals surface area contributed by atoms with Crippen LogP contribution in [0.2, 0.25) is 0 Å². The van der Waals surface area contributed by atoms with E-state index < -0.39 is 17.6 Å². The van der Waals surface area contributed by atoms with Gasteiger partial charge < -0.3 is 20.2 Å². The number of hydrogen-bond acceptors (Lipinski definition) is 7. The van der Waals surface area contributed by atoms with E-state index in [4.69, 9.17) is 4.42 Å². The minimum Gasteiger partial charge on any atom is -0.480 e. The first-order valence-corrected chi connectivity index (χ1v) is 11.1. The lowest BCUT2D eigenvalue weighted by atomic mass is 10.1. The lowest BCUT2D eigenvalue weighted by Crippen LogP contribution is -2.32. The summed E-state index contributed by atoms with van der Waals surface area (Å²) in [5, 5.41) is 17.2. The third-order valence-electron chi connectivity index (χ3n) is 5.12. The van der Waals surface area contributed by atoms with E-state index in [-0.39, 0.29) is 35.7 Å². The molecule has 1 atom stereocenters. The molecule has 33 heavy (non-hydrogen) atoms. The molecule has 1 amide bonds. The average Bonchev–Trinajstić information content (AvgIpc) is 3.28. The summed E-state index contributed by atoms with van der Waals surface area (Å²) >= 11 is 1.50. The second-order valence-electron chi connectivity index (χ2n) is 7.46. The van der Waals surface area contributed by atoms with Gasteiger partial charge in [0.1, 0.15) is 11.6 Å². The number of fused-ring (bicyclic) bond motifs is 1. The smallest absolute Gasteiger partial charge is 0.326 e. The van der Waals surface area contributed by atoms with Crippen molar-refractivity contribution in [3.8, 4) is 0 Å². The van der Waals surface area contributed by atoms with Crippen LogP contribution < -0.4 is 16.2 Å². The molecule has 0 spiro atoms. The maximum atomic E-state index is 12.8. The Hall–Kier alpha value is -3.98. The van der Waals surface area contributed by atoms with Crippen molar-refractivity contribution in [1.82, 2.24) is 4.98 Å². The summed E-state index contributed by atoms with van der Waals surface area (Å²) in [7, 11) is 0. The predicted molar refractivity (Wildman–Crippen MR) is 127 cm³/mol. The van der Waals surface area contributed by atoms with Crippen LogP contribution in [0.4, 0.5) is 11.7 Å². The number of carbonyl (C=O) groups is 2. The summed E-state index contributed by atoms with van der Waals surface area (Å²) in [6.07, 6.45) is 0.427. The first-order chi connectivity index (χ1) is 15.9. The van der Waals surface area contributed by atoms with E-state index in [2.05, 4.69) is 15.6 Å². The highest BCUT2D eigenvalue weighted by molar-refractivity contribution is 7.10. The summed E-state index contributed by atoms with van der Waals surface area (Å²) in [4.78, 5) is 41.7. The van der Waals surface area contributed by atoms with Crippen LogP contribution in [0, 0.1) is 6.92 Å². The second-order valence-corrected chi connectivity index (χ2v) is 8.50. The molecule has 0 saturated heterocycles. The highest BCUT2D eigenvalue weighted by Crippen LogP contribution is 2.25. The number of aliphatic carboxylic acids is 1. The van der Waals surface area contributed by atoms with Gasteiger partial charge in [0.15, 0.2) is 0 Å². The van der Waals surface area contributed by atoms with E-state index in [1.54, 1.807) is 19.1 Å². The molecule has 8 nitrogen and oxygen atoms in total. The van der Waals surface area contributed by atoms with E-state index in [0.717, 1.165) is 10.4 Å². The van der Waals surface area contributed by atoms with Gasteiger partial charge in [0, 0.05) is 17.0 Å². The number of thiophene rings is 1. The Morgan fingerprint density at radius 1 is 1.12 bits per heavy atom. The van der Waals surface area contributed by atoms with Gasteiger partial charge in [0.2, 0.25) is 5.91 Å². The Kier molecular flexibility index (Phi) is 6.50. The van der Waals surface area contributed by atoms with Crippen LogP contribution in [-0.4, -0.2) is 28.0 Å². The van der Waals surface area contributed by atoms with Crippen molar-refractivity contribution in [3.05, 3.63) is 86.3 Å². The summed E-state index contributed by atoms with van der Waals surface area (Å²) < 4.78 is 5.69. The van der Waals surface area contributed by atoms with Crippen molar-refractivity contribution < 1.29 is 19.1 Å². The molecule has 0 aliphatic heterocycles. The Bertz CT molecular complexity index is 1350. The number of carbonyl (C=O) groups excluding carboxylic acids is 1. The summed E-state index contributed by atoms with van der Waals surface area (Å²) in [5.74, 6) is -1.29. The number of aromatic nitrogens is 1. The number of benzene rings is 2. The minimum atomic E-state index is -1.09. The lowest BCUT2D eigenvalue weighted by Gasteiger charge is -2.15. The van der Waals surface area contributed by atoms with E-state index >= 15 is 0 Å². The zero-order valence-electron chi connectivity index (χ0n) is 17.7. The molecule has 4 aromatic rings. The largest absolute Gasteiger partial charge is 0.480 e. The SMILES string of the molecule is Cc1c(NC(=O)Cc2cccs2)ccc2oc(N[C@@H](Cc3ccccc3)C(=O)O)nc(=O)c12. The first kappa shape index (κ1) is 22.2. The van der Waals surface area contributed by atoms with Crippen molar-refractivity contribution >= 4 is 45.9 Å². The fourth-order valence-electron chi connectivity index (χ4n) is 3.47. The molecule has 0 aliphatic rings. The fourth-order valence-corrected chi connectivity index (χ4v) is 4.18. The molecule has 0 radical (unpaired) electrons. The van der Waals surface area contributed by atoms with Crippen LogP contribution in [0.5, 0.6) is 0 Å². The molecule has 2 heterocycles. The van der Waals surface area contributed by atoms with Crippen LogP contribution in [0.3, 0.4) is 0 Å². The Balaban J connectivity index is 1.57. The molecule has 4 rings (SSSR count). The highest BCUT2D eigenvalue weighted by Gasteiger charge is 2.21. The highest BCUT2D eigenvalue weighted by atomic mass is 32.1. The van der Waals surface area contributed by atoms with Crippen molar-refractivity contribution in [1.29, 1.82) is 0 Å². The van der Waals surface area contributed by atoms with Gasteiger partial charge in [-0.05, 0) is 41.6 Å². The molecular formula is C24H21N3O5S. The number of aryl methyl sites for hydroxylation is 1. The molecule has 2 aromatic carbocycles. The van der Waals surface area contributed by atoms with Crippen molar-refractivity contribution in [3.63, 3.8) is 0 Å². The van der Waals surface area contributed by atoms with Crippen LogP contribution in [0.1, 0.15) is 16.0 Å². The van der Waals surface area contributed by atoms with Gasteiger partial charge in [-0.1, -0.05) is 36.4 Å². The van der Waals surface area contributed by atoms with E-state index in [1.165, 1.54) is 11.3 Å². The van der Waals surface area contributed by atoms with Gasteiger partial charge in [0.05, 0.1) is 11.8 Å². The van der Waals surface area contributed by atoms with Gasteiger partial charge in [-0.25, -0.2) is 4.79 Å². The predicted octanol–water partition coefficient (Wildman–Crippen LogP) is 3.85. The number of carboxylic acid groups (broad SMARTS) is 1. The number of anilines is 2. The van der Waals surface area contributed by atoms with E-state index in [0.29, 0.717) is 11.3 Å². The van der Waals surface area contributed by atoms with Gasteiger partial charge in [0.25, 0.3) is 11.6 Å². The lowest BCUT2D eigenvalue weighted by molar-refractivity contribution is -0.138. The average molecular weight is 464 g/mol. The number of carboxylic acids is 1. The molecule has 0 bridgehead atoms. The molecule has 9 heteroatoms. The number of hydrogen-bond donors (Lipinski definition) is 3. The van der Waals surface area contributed by atoms with E-state index in [9.17, 15) is 19.5 Å². The first-order valence-electron chi connectivity index (χ1n) is 10.2. The van der Waals surface area contributed by atoms with Gasteiger partial charge in [-0.15, -0.1) is 11.3 Å². The van der Waals surface area contributed by atoms with Crippen LogP contribution in [0.15, 0.2) is 69.2 Å². The topological polar surface area (TPSA) is 122 Å². The molecule has 0 fully saturated rings. The summed E-state index contributed by atoms with van der Waals surface area (Å²) in [6, 6.07) is 14.9. The minimum absolute atomic E-state index is 0.176. The quantitative estimate of drug-likeness (QED) is 0.363. The van der Waals surface area contributed by atoms with Crippen LogP contribution >= 0.6 is 11.3 Å². The molecule has 2 aromatic heterocycles. The fraction of sp³-hybridized carbons (Fsp3) is 0.167. The number of nitrogens with zero attached hydrogens (tertiary/aromatic N) is 1. The Morgan fingerprint density at radius 3 is 2.61 bits per heavy atom. The number of nitrogens with one attached hydrogen (secondary N) is 2. The standard InChI is InChI=1S/C24H21N3O5S/c1-14-17(25-20(28)13-16-8-5-11-33-16)9-10-19-21(14)22(29)27-24(32-19)26-18(23(30)31)12-15-6-3-2-4-7-15/h2-11,18H,12-13H2,1H3,(H,25,28)(H,30,31)(H,26,27,29)/t18-/m0/s1. The Labute approximate surface area is 192 Å². The third kappa shape index (κ3) is 5.27. The molecule has 0 unspecified atom stereocenters. The summed E-state index contributed by atoms with van der Waals surface area (Å²) in [5.41, 5.74) is 1.51. The van der Waals surface area contributed by atoms with Crippen molar-refractivity contribution in [2.45, 2.75) is 25.8 Å². The number of rotatable bonds is 8. The third-order valence-corrected chi connectivity index (χ3v) is 5.99. The normalized spacial score (nSPS) is 11.8. The van der Waals surface area contributed by atoms with Crippen molar-refractivity contribution in [2.75, 3.05) is 10.6 Å². The second kappa shape index (κ2) is 9.66. The number of amides is 1.